The fourth-order valence-corrected chi connectivity index (χ4v) is 5.20. The summed E-state index contributed by atoms with van der Waals surface area (Å²) in [6.07, 6.45) is 3.85. The smallest absolute Gasteiger partial charge is 0.237 e. The summed E-state index contributed by atoms with van der Waals surface area (Å²) in [4.78, 5) is 14.9. The summed E-state index contributed by atoms with van der Waals surface area (Å²) in [5, 5.41) is 9.68. The predicted octanol–water partition coefficient (Wildman–Crippen LogP) is 4.77. The van der Waals surface area contributed by atoms with Gasteiger partial charge in [-0.25, -0.2) is 0 Å². The molecule has 1 aliphatic rings. The van der Waals surface area contributed by atoms with Crippen molar-refractivity contribution in [2.75, 3.05) is 17.2 Å². The zero-order chi connectivity index (χ0) is 21.8. The Morgan fingerprint density at radius 3 is 2.74 bits per heavy atom. The van der Waals surface area contributed by atoms with Crippen molar-refractivity contribution in [3.8, 4) is 0 Å². The summed E-state index contributed by atoms with van der Waals surface area (Å²) in [6, 6.07) is 14.8. The summed E-state index contributed by atoms with van der Waals surface area (Å²) >= 11 is 1.49. The van der Waals surface area contributed by atoms with Gasteiger partial charge in [-0.2, -0.15) is 0 Å². The van der Waals surface area contributed by atoms with E-state index in [1.54, 1.807) is 0 Å². The van der Waals surface area contributed by atoms with E-state index in [1.165, 1.54) is 34.0 Å². The van der Waals surface area contributed by atoms with Crippen LogP contribution in [0.4, 0.5) is 5.69 Å². The van der Waals surface area contributed by atoms with E-state index in [4.69, 9.17) is 0 Å². The van der Waals surface area contributed by atoms with Gasteiger partial charge < -0.3 is 9.47 Å². The minimum atomic E-state index is 0.139. The second-order valence-corrected chi connectivity index (χ2v) is 9.08. The Labute approximate surface area is 188 Å². The summed E-state index contributed by atoms with van der Waals surface area (Å²) in [7, 11) is 0. The average Bonchev–Trinajstić information content (AvgIpc) is 3.18. The summed E-state index contributed by atoms with van der Waals surface area (Å²) in [6.45, 7) is 7.99. The number of hydrogen-bond acceptors (Lipinski definition) is 4. The number of benzene rings is 2. The van der Waals surface area contributed by atoms with Gasteiger partial charge in [0.15, 0.2) is 5.16 Å². The van der Waals surface area contributed by atoms with E-state index < -0.39 is 0 Å². The molecular formula is C25H30N4OS. The van der Waals surface area contributed by atoms with Gasteiger partial charge in [-0.3, -0.25) is 4.79 Å². The van der Waals surface area contributed by atoms with Gasteiger partial charge in [0.25, 0.3) is 0 Å². The predicted molar refractivity (Wildman–Crippen MR) is 127 cm³/mol. The van der Waals surface area contributed by atoms with Crippen LogP contribution in [-0.4, -0.2) is 33.0 Å². The van der Waals surface area contributed by atoms with Crippen molar-refractivity contribution in [3.63, 3.8) is 0 Å². The maximum absolute atomic E-state index is 13.0. The van der Waals surface area contributed by atoms with Gasteiger partial charge in [0.2, 0.25) is 5.91 Å². The Hall–Kier alpha value is -2.60. The highest BCUT2D eigenvalue weighted by atomic mass is 32.2. The number of thioether (sulfide) groups is 1. The molecule has 0 saturated carbocycles. The van der Waals surface area contributed by atoms with Crippen LogP contribution in [0.3, 0.4) is 0 Å². The van der Waals surface area contributed by atoms with Gasteiger partial charge >= 0.3 is 0 Å². The number of aryl methyl sites for hydroxylation is 5. The molecule has 1 aromatic heterocycles. The number of fused-ring (bicyclic) bond motifs is 1. The highest BCUT2D eigenvalue weighted by Gasteiger charge is 2.23. The topological polar surface area (TPSA) is 51.0 Å². The number of aromatic nitrogens is 3. The van der Waals surface area contributed by atoms with Crippen LogP contribution in [0.5, 0.6) is 0 Å². The number of para-hydroxylation sites is 1. The lowest BCUT2D eigenvalue weighted by Crippen LogP contribution is -2.36. The first-order valence-electron chi connectivity index (χ1n) is 11.1. The molecule has 0 radical (unpaired) electrons. The largest absolute Gasteiger partial charge is 0.311 e. The third-order valence-corrected chi connectivity index (χ3v) is 6.91. The molecular weight excluding hydrogens is 404 g/mol. The SMILES string of the molecule is CCn1c(CCc2ccc(C)cc2C)nnc1SCC(=O)N1CCCc2ccccc21. The Balaban J connectivity index is 1.40. The molecule has 1 amide bonds. The van der Waals surface area contributed by atoms with Gasteiger partial charge in [-0.1, -0.05) is 53.7 Å². The van der Waals surface area contributed by atoms with Gasteiger partial charge in [0.05, 0.1) is 5.75 Å². The van der Waals surface area contributed by atoms with E-state index in [0.29, 0.717) is 5.75 Å². The molecule has 0 atom stereocenters. The molecule has 0 saturated heterocycles. The Kier molecular flexibility index (Phi) is 6.76. The van der Waals surface area contributed by atoms with Crippen LogP contribution in [0.2, 0.25) is 0 Å². The molecule has 3 aromatic rings. The molecule has 2 aromatic carbocycles. The maximum Gasteiger partial charge on any atom is 0.237 e. The number of nitrogens with zero attached hydrogens (tertiary/aromatic N) is 4. The molecule has 4 rings (SSSR count). The van der Waals surface area contributed by atoms with E-state index in [-0.39, 0.29) is 5.91 Å². The first-order valence-corrected chi connectivity index (χ1v) is 12.0. The van der Waals surface area contributed by atoms with Crippen molar-refractivity contribution in [2.24, 2.45) is 0 Å². The molecule has 0 bridgehead atoms. The summed E-state index contributed by atoms with van der Waals surface area (Å²) in [5.74, 6) is 1.50. The fraction of sp³-hybridized carbons (Fsp3) is 0.400. The first kappa shape index (κ1) is 21.6. The van der Waals surface area contributed by atoms with Crippen molar-refractivity contribution >= 4 is 23.4 Å². The van der Waals surface area contributed by atoms with Crippen molar-refractivity contribution < 1.29 is 4.79 Å². The lowest BCUT2D eigenvalue weighted by Gasteiger charge is -2.29. The van der Waals surface area contributed by atoms with Gasteiger partial charge in [-0.05, 0) is 62.8 Å². The Morgan fingerprint density at radius 2 is 1.94 bits per heavy atom. The van der Waals surface area contributed by atoms with E-state index in [0.717, 1.165) is 55.4 Å². The van der Waals surface area contributed by atoms with Crippen LogP contribution in [-0.2, 0) is 30.6 Å². The minimum Gasteiger partial charge on any atom is -0.311 e. The number of carbonyl (C=O) groups excluding carboxylic acids is 1. The molecule has 0 fully saturated rings. The highest BCUT2D eigenvalue weighted by Crippen LogP contribution is 2.28. The normalized spacial score (nSPS) is 13.3. The van der Waals surface area contributed by atoms with Crippen molar-refractivity contribution in [2.45, 2.75) is 58.2 Å². The highest BCUT2D eigenvalue weighted by molar-refractivity contribution is 7.99. The number of anilines is 1. The van der Waals surface area contributed by atoms with Crippen LogP contribution in [0.25, 0.3) is 0 Å². The van der Waals surface area contributed by atoms with Crippen molar-refractivity contribution in [1.82, 2.24) is 14.8 Å². The molecule has 0 aliphatic carbocycles. The zero-order valence-electron chi connectivity index (χ0n) is 18.6. The van der Waals surface area contributed by atoms with Crippen LogP contribution >= 0.6 is 11.8 Å². The maximum atomic E-state index is 13.0. The first-order chi connectivity index (χ1) is 15.1. The molecule has 0 N–H and O–H groups in total. The van der Waals surface area contributed by atoms with E-state index in [9.17, 15) is 4.79 Å². The molecule has 162 valence electrons. The fourth-order valence-electron chi connectivity index (χ4n) is 4.30. The molecule has 31 heavy (non-hydrogen) atoms. The van der Waals surface area contributed by atoms with Gasteiger partial charge in [-0.15, -0.1) is 10.2 Å². The van der Waals surface area contributed by atoms with Crippen LogP contribution in [0.15, 0.2) is 47.6 Å². The summed E-state index contributed by atoms with van der Waals surface area (Å²) in [5.41, 5.74) is 6.29. The Bertz CT molecular complexity index is 1080. The molecule has 0 spiro atoms. The second kappa shape index (κ2) is 9.69. The number of rotatable bonds is 7. The number of hydrogen-bond donors (Lipinski definition) is 0. The monoisotopic (exact) mass is 434 g/mol. The molecule has 2 heterocycles. The Morgan fingerprint density at radius 1 is 1.10 bits per heavy atom. The molecule has 6 heteroatoms. The lowest BCUT2D eigenvalue weighted by atomic mass is 10.0. The standard InChI is InChI=1S/C25H30N4OS/c1-4-28-23(14-13-20-12-11-18(2)16-19(20)3)26-27-25(28)31-17-24(30)29-15-7-9-21-8-5-6-10-22(21)29/h5-6,8,10-12,16H,4,7,9,13-15,17H2,1-3H3. The third-order valence-electron chi connectivity index (χ3n) is 5.96. The van der Waals surface area contributed by atoms with E-state index >= 15 is 0 Å². The molecule has 1 aliphatic heterocycles. The van der Waals surface area contributed by atoms with Crippen LogP contribution < -0.4 is 4.90 Å². The molecule has 0 unspecified atom stereocenters. The minimum absolute atomic E-state index is 0.139. The third kappa shape index (κ3) is 4.85. The lowest BCUT2D eigenvalue weighted by molar-refractivity contribution is -0.116. The van der Waals surface area contributed by atoms with E-state index in [1.807, 2.05) is 17.0 Å². The number of carbonyl (C=O) groups is 1. The van der Waals surface area contributed by atoms with E-state index in [2.05, 4.69) is 65.9 Å². The number of amides is 1. The summed E-state index contributed by atoms with van der Waals surface area (Å²) < 4.78 is 2.14. The van der Waals surface area contributed by atoms with Crippen molar-refractivity contribution in [1.29, 1.82) is 0 Å². The second-order valence-electron chi connectivity index (χ2n) is 8.14. The average molecular weight is 435 g/mol. The van der Waals surface area contributed by atoms with Crippen LogP contribution in [0, 0.1) is 13.8 Å². The quantitative estimate of drug-likeness (QED) is 0.503. The molecule has 5 nitrogen and oxygen atoms in total. The zero-order valence-corrected chi connectivity index (χ0v) is 19.4. The van der Waals surface area contributed by atoms with Gasteiger partial charge in [0, 0.05) is 25.2 Å². The van der Waals surface area contributed by atoms with Crippen LogP contribution in [0.1, 0.15) is 41.4 Å². The van der Waals surface area contributed by atoms with Gasteiger partial charge in [0.1, 0.15) is 5.82 Å². The van der Waals surface area contributed by atoms with Crippen molar-refractivity contribution in [3.05, 3.63) is 70.5 Å².